The lowest BCUT2D eigenvalue weighted by molar-refractivity contribution is -0.168. The molecule has 0 bridgehead atoms. The second-order valence-electron chi connectivity index (χ2n) is 8.87. The Morgan fingerprint density at radius 2 is 2.00 bits per heavy atom. The normalized spacial score (nSPS) is 17.3. The molecule has 0 aromatic heterocycles. The number of nitrogens with zero attached hydrogens (tertiary/aromatic N) is 3. The summed E-state index contributed by atoms with van der Waals surface area (Å²) in [5, 5.41) is 3.77. The fourth-order valence-electron chi connectivity index (χ4n) is 4.20. The van der Waals surface area contributed by atoms with Gasteiger partial charge in [-0.3, -0.25) is 0 Å². The maximum Gasteiger partial charge on any atom is 0.158 e. The lowest BCUT2D eigenvalue weighted by Crippen LogP contribution is -2.27. The Morgan fingerprint density at radius 1 is 1.18 bits per heavy atom. The van der Waals surface area contributed by atoms with E-state index in [0.29, 0.717) is 30.1 Å². The molecule has 3 rings (SSSR count). The molecule has 33 heavy (non-hydrogen) atoms. The zero-order chi connectivity index (χ0) is 23.8. The molecule has 8 heteroatoms. The average molecular weight is 458 g/mol. The average Bonchev–Trinajstić information content (AvgIpc) is 2.83. The molecule has 1 saturated heterocycles. The molecule has 1 fully saturated rings. The molecule has 1 aliphatic heterocycles. The number of hydrogen-bond acceptors (Lipinski definition) is 5. The van der Waals surface area contributed by atoms with Gasteiger partial charge in [-0.25, -0.2) is 4.39 Å². The van der Waals surface area contributed by atoms with Crippen LogP contribution in [0.1, 0.15) is 50.3 Å². The molecule has 0 saturated carbocycles. The summed E-state index contributed by atoms with van der Waals surface area (Å²) in [6.45, 7) is 5.22. The van der Waals surface area contributed by atoms with E-state index in [4.69, 9.17) is 24.5 Å². The zero-order valence-electron chi connectivity index (χ0n) is 19.7. The first-order valence-corrected chi connectivity index (χ1v) is 11.1. The van der Waals surface area contributed by atoms with Crippen molar-refractivity contribution in [2.24, 2.45) is 10.5 Å². The van der Waals surface area contributed by atoms with Crippen LogP contribution in [0, 0.1) is 11.2 Å². The Labute approximate surface area is 194 Å². The van der Waals surface area contributed by atoms with Crippen molar-refractivity contribution in [1.29, 1.82) is 0 Å². The van der Waals surface area contributed by atoms with E-state index in [1.165, 1.54) is 6.07 Å². The predicted octanol–water partition coefficient (Wildman–Crippen LogP) is 6.57. The summed E-state index contributed by atoms with van der Waals surface area (Å²) >= 11 is 0. The minimum atomic E-state index is -0.545. The molecule has 2 unspecified atom stereocenters. The van der Waals surface area contributed by atoms with Gasteiger partial charge in [-0.2, -0.15) is 0 Å². The Balaban J connectivity index is 2.03. The third kappa shape index (κ3) is 6.24. The molecule has 1 aliphatic rings. The topological polar surface area (TPSA) is 85.7 Å². The van der Waals surface area contributed by atoms with Crippen LogP contribution in [0.3, 0.4) is 0 Å². The first kappa shape index (κ1) is 25.0. The number of ether oxygens (including phenoxy) is 4. The minimum absolute atomic E-state index is 0.211. The number of rotatable bonds is 10. The smallest absolute Gasteiger partial charge is 0.158 e. The van der Waals surface area contributed by atoms with Gasteiger partial charge >= 0.3 is 0 Å². The van der Waals surface area contributed by atoms with Crippen molar-refractivity contribution in [2.45, 2.75) is 52.1 Å². The summed E-state index contributed by atoms with van der Waals surface area (Å²) in [5.74, 6) is 0.195. The van der Waals surface area contributed by atoms with Crippen LogP contribution >= 0.6 is 0 Å². The SMILES string of the molecule is COc1ccc(F)c(-c2ccc(COC3CCCCO3)cc2C(OC)C(C)(C)CN=[N+]=[N-])c1. The number of benzene rings is 2. The van der Waals surface area contributed by atoms with Gasteiger partial charge < -0.3 is 18.9 Å². The van der Waals surface area contributed by atoms with Crippen LogP contribution in [0.15, 0.2) is 41.5 Å². The lowest BCUT2D eigenvalue weighted by atomic mass is 9.79. The summed E-state index contributed by atoms with van der Waals surface area (Å²) in [7, 11) is 3.15. The van der Waals surface area contributed by atoms with Crippen LogP contribution < -0.4 is 4.74 Å². The molecule has 0 radical (unpaired) electrons. The minimum Gasteiger partial charge on any atom is -0.497 e. The van der Waals surface area contributed by atoms with Crippen LogP contribution in [0.4, 0.5) is 4.39 Å². The van der Waals surface area contributed by atoms with E-state index < -0.39 is 11.5 Å². The maximum atomic E-state index is 14.9. The monoisotopic (exact) mass is 457 g/mol. The highest BCUT2D eigenvalue weighted by molar-refractivity contribution is 5.70. The van der Waals surface area contributed by atoms with Gasteiger partial charge in [0, 0.05) is 36.2 Å². The van der Waals surface area contributed by atoms with Crippen LogP contribution in [0.25, 0.3) is 21.6 Å². The Hall–Kier alpha value is -2.64. The first-order valence-electron chi connectivity index (χ1n) is 11.1. The van der Waals surface area contributed by atoms with Crippen LogP contribution in [0.2, 0.25) is 0 Å². The first-order chi connectivity index (χ1) is 15.9. The fourth-order valence-corrected chi connectivity index (χ4v) is 4.20. The van der Waals surface area contributed by atoms with E-state index in [1.54, 1.807) is 26.4 Å². The standard InChI is InChI=1S/C25H32FN3O4/c1-25(2,16-28-29-27)24(31-4)21-13-17(15-33-23-7-5-6-12-32-23)8-10-19(21)20-14-18(30-3)9-11-22(20)26/h8-11,13-14,23-24H,5-7,12,15-16H2,1-4H3. The zero-order valence-corrected chi connectivity index (χ0v) is 19.7. The van der Waals surface area contributed by atoms with E-state index in [1.807, 2.05) is 32.0 Å². The molecule has 178 valence electrons. The van der Waals surface area contributed by atoms with Crippen LogP contribution in [-0.2, 0) is 20.8 Å². The summed E-state index contributed by atoms with van der Waals surface area (Å²) in [5.41, 5.74) is 11.1. The molecule has 2 atom stereocenters. The molecule has 2 aromatic rings. The molecule has 0 spiro atoms. The second kappa shape index (κ2) is 11.5. The largest absolute Gasteiger partial charge is 0.497 e. The van der Waals surface area contributed by atoms with Crippen molar-refractivity contribution in [1.82, 2.24) is 0 Å². The van der Waals surface area contributed by atoms with Crippen molar-refractivity contribution in [3.8, 4) is 16.9 Å². The summed E-state index contributed by atoms with van der Waals surface area (Å²) < 4.78 is 37.8. The van der Waals surface area contributed by atoms with Crippen LogP contribution in [0.5, 0.6) is 5.75 Å². The van der Waals surface area contributed by atoms with Gasteiger partial charge in [0.05, 0.1) is 19.8 Å². The van der Waals surface area contributed by atoms with Gasteiger partial charge in [0.15, 0.2) is 6.29 Å². The third-order valence-electron chi connectivity index (χ3n) is 5.92. The van der Waals surface area contributed by atoms with E-state index in [0.717, 1.165) is 30.4 Å². The Morgan fingerprint density at radius 3 is 2.67 bits per heavy atom. The summed E-state index contributed by atoms with van der Waals surface area (Å²) in [6.07, 6.45) is 2.34. The van der Waals surface area contributed by atoms with Gasteiger partial charge in [-0.15, -0.1) is 0 Å². The molecule has 0 aliphatic carbocycles. The van der Waals surface area contributed by atoms with E-state index in [9.17, 15) is 4.39 Å². The van der Waals surface area contributed by atoms with Gasteiger partial charge in [0.1, 0.15) is 11.6 Å². The number of azide groups is 1. The predicted molar refractivity (Wildman–Crippen MR) is 124 cm³/mol. The molecule has 1 heterocycles. The van der Waals surface area contributed by atoms with E-state index >= 15 is 0 Å². The highest BCUT2D eigenvalue weighted by atomic mass is 19.1. The highest BCUT2D eigenvalue weighted by Crippen LogP contribution is 2.42. The molecule has 7 nitrogen and oxygen atoms in total. The Kier molecular flexibility index (Phi) is 8.69. The Bertz CT molecular complexity index is 986. The van der Waals surface area contributed by atoms with Crippen molar-refractivity contribution >= 4 is 0 Å². The number of hydrogen-bond donors (Lipinski definition) is 0. The number of methoxy groups -OCH3 is 2. The molecule has 0 amide bonds. The van der Waals surface area contributed by atoms with Gasteiger partial charge in [0.25, 0.3) is 0 Å². The molecule has 2 aromatic carbocycles. The molecular formula is C25H32FN3O4. The maximum absolute atomic E-state index is 14.9. The van der Waals surface area contributed by atoms with Crippen LogP contribution in [-0.4, -0.2) is 33.7 Å². The van der Waals surface area contributed by atoms with Gasteiger partial charge in [-0.05, 0) is 59.7 Å². The molecular weight excluding hydrogens is 425 g/mol. The third-order valence-corrected chi connectivity index (χ3v) is 5.92. The molecule has 0 N–H and O–H groups in total. The van der Waals surface area contributed by atoms with Crippen molar-refractivity contribution in [3.05, 3.63) is 63.8 Å². The highest BCUT2D eigenvalue weighted by Gasteiger charge is 2.33. The van der Waals surface area contributed by atoms with E-state index in [-0.39, 0.29) is 18.7 Å². The second-order valence-corrected chi connectivity index (χ2v) is 8.87. The van der Waals surface area contributed by atoms with Gasteiger partial charge in [-0.1, -0.05) is 37.2 Å². The van der Waals surface area contributed by atoms with Crippen molar-refractivity contribution < 1.29 is 23.3 Å². The van der Waals surface area contributed by atoms with E-state index in [2.05, 4.69) is 10.0 Å². The summed E-state index contributed by atoms with van der Waals surface area (Å²) in [4.78, 5) is 2.91. The van der Waals surface area contributed by atoms with Crippen molar-refractivity contribution in [2.75, 3.05) is 27.4 Å². The quantitative estimate of drug-likeness (QED) is 0.229. The lowest BCUT2D eigenvalue weighted by Gasteiger charge is -2.34. The summed E-state index contributed by atoms with van der Waals surface area (Å²) in [6, 6.07) is 10.4. The van der Waals surface area contributed by atoms with Crippen molar-refractivity contribution in [3.63, 3.8) is 0 Å². The fraction of sp³-hybridized carbons (Fsp3) is 0.520. The number of halogens is 1. The van der Waals surface area contributed by atoms with Gasteiger partial charge in [0.2, 0.25) is 0 Å².